The Morgan fingerprint density at radius 1 is 1.00 bits per heavy atom. The number of aldehydes is 1. The molecule has 0 fully saturated rings. The van der Waals surface area contributed by atoms with Crippen LogP contribution in [-0.2, 0) is 0 Å². The summed E-state index contributed by atoms with van der Waals surface area (Å²) < 4.78 is 5.56. The highest BCUT2D eigenvalue weighted by Gasteiger charge is 1.98. The Hall–Kier alpha value is -2.29. The minimum atomic E-state index is 0.585. The average molecular weight is 213 g/mol. The summed E-state index contributed by atoms with van der Waals surface area (Å²) in [7, 11) is 0. The summed E-state index contributed by atoms with van der Waals surface area (Å²) in [6.45, 7) is 0. The molecule has 0 aliphatic carbocycles. The second-order valence-electron chi connectivity index (χ2n) is 3.36. The molecule has 0 amide bonds. The van der Waals surface area contributed by atoms with Gasteiger partial charge in [-0.25, -0.2) is 0 Å². The van der Waals surface area contributed by atoms with Crippen molar-refractivity contribution in [3.63, 3.8) is 0 Å². The fraction of sp³-hybridized carbons (Fsp3) is 0. The van der Waals surface area contributed by atoms with Gasteiger partial charge in [-0.1, -0.05) is 18.2 Å². The number of nitrogen functional groups attached to an aromatic ring is 1. The monoisotopic (exact) mass is 213 g/mol. The molecule has 0 aliphatic rings. The van der Waals surface area contributed by atoms with Gasteiger partial charge in [0, 0.05) is 17.3 Å². The molecule has 16 heavy (non-hydrogen) atoms. The fourth-order valence-corrected chi connectivity index (χ4v) is 1.37. The molecule has 2 N–H and O–H groups in total. The maximum atomic E-state index is 10.6. The zero-order valence-electron chi connectivity index (χ0n) is 8.59. The molecular formula is C13H11NO2. The van der Waals surface area contributed by atoms with E-state index in [4.69, 9.17) is 10.5 Å². The minimum Gasteiger partial charge on any atom is -0.457 e. The molecule has 0 spiro atoms. The van der Waals surface area contributed by atoms with Crippen LogP contribution in [0.5, 0.6) is 11.5 Å². The van der Waals surface area contributed by atoms with E-state index in [9.17, 15) is 4.79 Å². The zero-order valence-corrected chi connectivity index (χ0v) is 8.59. The highest BCUT2D eigenvalue weighted by Crippen LogP contribution is 2.23. The van der Waals surface area contributed by atoms with Crippen LogP contribution in [0.3, 0.4) is 0 Å². The summed E-state index contributed by atoms with van der Waals surface area (Å²) in [5, 5.41) is 0. The van der Waals surface area contributed by atoms with Gasteiger partial charge in [0.15, 0.2) is 0 Å². The van der Waals surface area contributed by atoms with Gasteiger partial charge in [0.25, 0.3) is 0 Å². The number of carbonyl (C=O) groups is 1. The van der Waals surface area contributed by atoms with E-state index in [0.29, 0.717) is 22.7 Å². The van der Waals surface area contributed by atoms with Crippen molar-refractivity contribution in [3.8, 4) is 11.5 Å². The lowest BCUT2D eigenvalue weighted by atomic mass is 10.2. The lowest BCUT2D eigenvalue weighted by Crippen LogP contribution is -1.88. The van der Waals surface area contributed by atoms with Crippen molar-refractivity contribution >= 4 is 12.0 Å². The molecule has 3 nitrogen and oxygen atoms in total. The van der Waals surface area contributed by atoms with Gasteiger partial charge in [-0.3, -0.25) is 4.79 Å². The van der Waals surface area contributed by atoms with Crippen LogP contribution in [0.2, 0.25) is 0 Å². The standard InChI is InChI=1S/C13H11NO2/c14-11-4-2-6-13(8-11)16-12-5-1-3-10(7-12)9-15/h1-9H,14H2. The molecule has 3 heteroatoms. The van der Waals surface area contributed by atoms with Crippen LogP contribution in [-0.4, -0.2) is 6.29 Å². The minimum absolute atomic E-state index is 0.585. The topological polar surface area (TPSA) is 52.3 Å². The number of hydrogen-bond donors (Lipinski definition) is 1. The summed E-state index contributed by atoms with van der Waals surface area (Å²) in [6, 6.07) is 14.1. The normalized spacial score (nSPS) is 9.75. The highest BCUT2D eigenvalue weighted by molar-refractivity contribution is 5.75. The quantitative estimate of drug-likeness (QED) is 0.630. The van der Waals surface area contributed by atoms with Crippen molar-refractivity contribution in [3.05, 3.63) is 54.1 Å². The van der Waals surface area contributed by atoms with Crippen LogP contribution in [0.25, 0.3) is 0 Å². The maximum Gasteiger partial charge on any atom is 0.150 e. The van der Waals surface area contributed by atoms with Crippen LogP contribution in [0, 0.1) is 0 Å². The van der Waals surface area contributed by atoms with E-state index in [1.807, 2.05) is 12.1 Å². The Labute approximate surface area is 93.5 Å². The third-order valence-electron chi connectivity index (χ3n) is 2.09. The lowest BCUT2D eigenvalue weighted by Gasteiger charge is -2.06. The van der Waals surface area contributed by atoms with Crippen molar-refractivity contribution in [2.24, 2.45) is 0 Å². The Morgan fingerprint density at radius 2 is 1.69 bits per heavy atom. The van der Waals surface area contributed by atoms with Gasteiger partial charge in [-0.15, -0.1) is 0 Å². The largest absolute Gasteiger partial charge is 0.457 e. The van der Waals surface area contributed by atoms with Crippen molar-refractivity contribution in [2.75, 3.05) is 5.73 Å². The van der Waals surface area contributed by atoms with Crippen LogP contribution < -0.4 is 10.5 Å². The molecule has 80 valence electrons. The first kappa shape index (κ1) is 10.2. The van der Waals surface area contributed by atoms with Crippen molar-refractivity contribution in [2.45, 2.75) is 0 Å². The lowest BCUT2D eigenvalue weighted by molar-refractivity contribution is 0.112. The van der Waals surface area contributed by atoms with Gasteiger partial charge < -0.3 is 10.5 Å². The van der Waals surface area contributed by atoms with E-state index in [0.717, 1.165) is 6.29 Å². The third-order valence-corrected chi connectivity index (χ3v) is 2.09. The summed E-state index contributed by atoms with van der Waals surface area (Å²) in [5.74, 6) is 1.28. The van der Waals surface area contributed by atoms with E-state index in [1.54, 1.807) is 36.4 Å². The first-order valence-electron chi connectivity index (χ1n) is 4.86. The number of benzene rings is 2. The second-order valence-corrected chi connectivity index (χ2v) is 3.36. The average Bonchev–Trinajstić information content (AvgIpc) is 2.29. The van der Waals surface area contributed by atoms with Gasteiger partial charge in [0.05, 0.1) is 0 Å². The summed E-state index contributed by atoms with van der Waals surface area (Å²) in [6.07, 6.45) is 0.784. The molecule has 0 saturated heterocycles. The Morgan fingerprint density at radius 3 is 2.38 bits per heavy atom. The first-order chi connectivity index (χ1) is 7.78. The van der Waals surface area contributed by atoms with Gasteiger partial charge >= 0.3 is 0 Å². The Kier molecular flexibility index (Phi) is 2.87. The number of rotatable bonds is 3. The summed E-state index contributed by atoms with van der Waals surface area (Å²) >= 11 is 0. The van der Waals surface area contributed by atoms with Crippen molar-refractivity contribution < 1.29 is 9.53 Å². The predicted octanol–water partition coefficient (Wildman–Crippen LogP) is 2.87. The number of nitrogens with two attached hydrogens (primary N) is 1. The molecule has 0 radical (unpaired) electrons. The van der Waals surface area contributed by atoms with E-state index >= 15 is 0 Å². The van der Waals surface area contributed by atoms with Crippen molar-refractivity contribution in [1.29, 1.82) is 0 Å². The smallest absolute Gasteiger partial charge is 0.150 e. The third kappa shape index (κ3) is 2.39. The van der Waals surface area contributed by atoms with Crippen LogP contribution in [0.4, 0.5) is 5.69 Å². The van der Waals surface area contributed by atoms with Gasteiger partial charge in [0.2, 0.25) is 0 Å². The highest BCUT2D eigenvalue weighted by atomic mass is 16.5. The number of ether oxygens (including phenoxy) is 1. The Balaban J connectivity index is 2.23. The number of anilines is 1. The summed E-state index contributed by atoms with van der Waals surface area (Å²) in [5.41, 5.74) is 6.86. The molecule has 0 aliphatic heterocycles. The van der Waals surface area contributed by atoms with Crippen LogP contribution in [0.15, 0.2) is 48.5 Å². The van der Waals surface area contributed by atoms with E-state index < -0.39 is 0 Å². The number of carbonyl (C=O) groups excluding carboxylic acids is 1. The molecule has 0 atom stereocenters. The molecule has 0 heterocycles. The van der Waals surface area contributed by atoms with Crippen molar-refractivity contribution in [1.82, 2.24) is 0 Å². The van der Waals surface area contributed by atoms with E-state index in [2.05, 4.69) is 0 Å². The maximum absolute atomic E-state index is 10.6. The van der Waals surface area contributed by atoms with E-state index in [-0.39, 0.29) is 0 Å². The molecule has 2 rings (SSSR count). The predicted molar refractivity (Wildman–Crippen MR) is 62.8 cm³/mol. The summed E-state index contributed by atoms with van der Waals surface area (Å²) in [4.78, 5) is 10.6. The second kappa shape index (κ2) is 4.49. The number of hydrogen-bond acceptors (Lipinski definition) is 3. The SMILES string of the molecule is Nc1cccc(Oc2cccc(C=O)c2)c1. The van der Waals surface area contributed by atoms with Gasteiger partial charge in [0.1, 0.15) is 17.8 Å². The van der Waals surface area contributed by atoms with Crippen LogP contribution >= 0.6 is 0 Å². The molecule has 2 aromatic rings. The molecule has 0 aromatic heterocycles. The fourth-order valence-electron chi connectivity index (χ4n) is 1.37. The van der Waals surface area contributed by atoms with Gasteiger partial charge in [-0.2, -0.15) is 0 Å². The zero-order chi connectivity index (χ0) is 11.4. The van der Waals surface area contributed by atoms with Gasteiger partial charge in [-0.05, 0) is 24.3 Å². The molecule has 2 aromatic carbocycles. The van der Waals surface area contributed by atoms with E-state index in [1.165, 1.54) is 0 Å². The molecule has 0 unspecified atom stereocenters. The molecular weight excluding hydrogens is 202 g/mol. The first-order valence-corrected chi connectivity index (χ1v) is 4.86. The molecule has 0 saturated carbocycles. The van der Waals surface area contributed by atoms with Crippen LogP contribution in [0.1, 0.15) is 10.4 Å². The Bertz CT molecular complexity index is 509. The molecule has 0 bridgehead atoms.